The van der Waals surface area contributed by atoms with Crippen LogP contribution in [0.2, 0.25) is 5.02 Å². The Morgan fingerprint density at radius 2 is 1.70 bits per heavy atom. The first-order chi connectivity index (χ1) is 13.9. The molecule has 0 amide bonds. The SMILES string of the molecule is O=S(=O)(Nc1cccnc1NS(=O)(=O)c1cccs1)c1ccc(Cl)c(C(F)(F)F)c1. The summed E-state index contributed by atoms with van der Waals surface area (Å²) in [5, 5.41) is 0.877. The molecule has 2 heterocycles. The fourth-order valence-corrected chi connectivity index (χ4v) is 5.59. The monoisotopic (exact) mass is 497 g/mol. The third kappa shape index (κ3) is 4.86. The lowest BCUT2D eigenvalue weighted by atomic mass is 10.2. The van der Waals surface area contributed by atoms with Gasteiger partial charge in [-0.15, -0.1) is 11.3 Å². The van der Waals surface area contributed by atoms with Gasteiger partial charge in [0.15, 0.2) is 5.82 Å². The number of pyridine rings is 1. The summed E-state index contributed by atoms with van der Waals surface area (Å²) in [7, 11) is -8.57. The molecule has 30 heavy (non-hydrogen) atoms. The molecule has 7 nitrogen and oxygen atoms in total. The first-order valence-corrected chi connectivity index (χ1v) is 12.0. The average molecular weight is 498 g/mol. The van der Waals surface area contributed by atoms with Crippen LogP contribution in [-0.2, 0) is 26.2 Å². The standard InChI is InChI=1S/C16H11ClF3N3O4S3/c17-12-6-5-10(9-11(12)16(18,19)20)29(24,25)22-13-3-1-7-21-15(13)23-30(26,27)14-4-2-8-28-14/h1-9,22H,(H,21,23). The van der Waals surface area contributed by atoms with Crippen molar-refractivity contribution in [3.05, 3.63) is 64.6 Å². The maximum atomic E-state index is 13.0. The zero-order chi connectivity index (χ0) is 22.2. The number of alkyl halides is 3. The highest BCUT2D eigenvalue weighted by molar-refractivity contribution is 7.94. The summed E-state index contributed by atoms with van der Waals surface area (Å²) in [6.07, 6.45) is -3.65. The highest BCUT2D eigenvalue weighted by Gasteiger charge is 2.34. The zero-order valence-corrected chi connectivity index (χ0v) is 17.7. The number of rotatable bonds is 6. The summed E-state index contributed by atoms with van der Waals surface area (Å²) in [4.78, 5) is 3.10. The minimum absolute atomic E-state index is 0.0329. The minimum Gasteiger partial charge on any atom is -0.276 e. The number of halogens is 4. The van der Waals surface area contributed by atoms with Crippen molar-refractivity contribution >= 4 is 54.5 Å². The lowest BCUT2D eigenvalue weighted by Gasteiger charge is -2.14. The molecule has 0 spiro atoms. The summed E-state index contributed by atoms with van der Waals surface area (Å²) in [6, 6.07) is 7.47. The minimum atomic E-state index is -4.86. The van der Waals surface area contributed by atoms with Gasteiger partial charge < -0.3 is 0 Å². The van der Waals surface area contributed by atoms with Crippen LogP contribution in [0.25, 0.3) is 0 Å². The van der Waals surface area contributed by atoms with E-state index in [1.165, 1.54) is 35.8 Å². The van der Waals surface area contributed by atoms with E-state index < -0.39 is 41.7 Å². The fraction of sp³-hybridized carbons (Fsp3) is 0.0625. The first-order valence-electron chi connectivity index (χ1n) is 7.81. The third-order valence-corrected chi connectivity index (χ3v) is 8.03. The fourth-order valence-electron chi connectivity index (χ4n) is 2.26. The Morgan fingerprint density at radius 3 is 2.33 bits per heavy atom. The van der Waals surface area contributed by atoms with E-state index in [-0.39, 0.29) is 15.7 Å². The maximum absolute atomic E-state index is 13.0. The van der Waals surface area contributed by atoms with Crippen LogP contribution >= 0.6 is 22.9 Å². The van der Waals surface area contributed by atoms with Gasteiger partial charge in [-0.2, -0.15) is 13.2 Å². The van der Waals surface area contributed by atoms with Crippen molar-refractivity contribution in [2.75, 3.05) is 9.44 Å². The number of aromatic nitrogens is 1. The highest BCUT2D eigenvalue weighted by Crippen LogP contribution is 2.36. The molecule has 0 bridgehead atoms. The van der Waals surface area contributed by atoms with Gasteiger partial charge in [0.2, 0.25) is 0 Å². The van der Waals surface area contributed by atoms with Crippen LogP contribution in [0.1, 0.15) is 5.56 Å². The number of hydrogen-bond donors (Lipinski definition) is 2. The molecule has 14 heteroatoms. The van der Waals surface area contributed by atoms with E-state index in [0.29, 0.717) is 6.07 Å². The van der Waals surface area contributed by atoms with Crippen molar-refractivity contribution in [2.45, 2.75) is 15.3 Å². The number of hydrogen-bond acceptors (Lipinski definition) is 6. The molecule has 0 unspecified atom stereocenters. The zero-order valence-electron chi connectivity index (χ0n) is 14.5. The Kier molecular flexibility index (Phi) is 6.00. The van der Waals surface area contributed by atoms with E-state index in [2.05, 4.69) is 9.71 Å². The Morgan fingerprint density at radius 1 is 0.967 bits per heavy atom. The number of nitrogens with one attached hydrogen (secondary N) is 2. The van der Waals surface area contributed by atoms with Gasteiger partial charge in [0, 0.05) is 6.20 Å². The van der Waals surface area contributed by atoms with Crippen molar-refractivity contribution in [2.24, 2.45) is 0 Å². The van der Waals surface area contributed by atoms with Crippen LogP contribution in [0.5, 0.6) is 0 Å². The molecule has 0 saturated heterocycles. The van der Waals surface area contributed by atoms with Gasteiger partial charge in [-0.05, 0) is 41.8 Å². The Bertz CT molecular complexity index is 1280. The van der Waals surface area contributed by atoms with Crippen LogP contribution in [0.4, 0.5) is 24.7 Å². The van der Waals surface area contributed by atoms with Gasteiger partial charge in [-0.1, -0.05) is 17.7 Å². The number of benzene rings is 1. The van der Waals surface area contributed by atoms with E-state index in [9.17, 15) is 30.0 Å². The van der Waals surface area contributed by atoms with E-state index in [4.69, 9.17) is 11.6 Å². The van der Waals surface area contributed by atoms with E-state index >= 15 is 0 Å². The van der Waals surface area contributed by atoms with Crippen molar-refractivity contribution < 1.29 is 30.0 Å². The predicted molar refractivity (Wildman–Crippen MR) is 107 cm³/mol. The highest BCUT2D eigenvalue weighted by atomic mass is 35.5. The molecule has 2 aromatic heterocycles. The van der Waals surface area contributed by atoms with Gasteiger partial charge in [0.05, 0.1) is 21.2 Å². The van der Waals surface area contributed by atoms with Gasteiger partial charge in [0.25, 0.3) is 20.0 Å². The van der Waals surface area contributed by atoms with E-state index in [1.54, 1.807) is 0 Å². The lowest BCUT2D eigenvalue weighted by molar-refractivity contribution is -0.137. The van der Waals surface area contributed by atoms with Crippen molar-refractivity contribution in [1.29, 1.82) is 0 Å². The topological polar surface area (TPSA) is 105 Å². The molecule has 0 aliphatic rings. The molecule has 0 atom stereocenters. The molecule has 3 rings (SSSR count). The van der Waals surface area contributed by atoms with Gasteiger partial charge in [-0.3, -0.25) is 9.44 Å². The number of anilines is 2. The molecule has 0 fully saturated rings. The van der Waals surface area contributed by atoms with Crippen molar-refractivity contribution in [3.8, 4) is 0 Å². The smallest absolute Gasteiger partial charge is 0.276 e. The van der Waals surface area contributed by atoms with Crippen molar-refractivity contribution in [3.63, 3.8) is 0 Å². The molecule has 2 N–H and O–H groups in total. The Labute approximate surface area is 178 Å². The summed E-state index contributed by atoms with van der Waals surface area (Å²) in [6.45, 7) is 0. The Hall–Kier alpha value is -2.35. The molecule has 0 saturated carbocycles. The molecule has 0 aliphatic carbocycles. The van der Waals surface area contributed by atoms with Gasteiger partial charge in [-0.25, -0.2) is 21.8 Å². The number of thiophene rings is 1. The van der Waals surface area contributed by atoms with Crippen LogP contribution in [0, 0.1) is 0 Å². The second-order valence-electron chi connectivity index (χ2n) is 5.68. The maximum Gasteiger partial charge on any atom is 0.417 e. The number of sulfonamides is 2. The van der Waals surface area contributed by atoms with Gasteiger partial charge in [0.1, 0.15) is 4.21 Å². The van der Waals surface area contributed by atoms with E-state index in [0.717, 1.165) is 23.5 Å². The molecule has 3 aromatic rings. The summed E-state index contributed by atoms with van der Waals surface area (Å²) in [5.74, 6) is -0.348. The normalized spacial score (nSPS) is 12.5. The Balaban J connectivity index is 1.96. The van der Waals surface area contributed by atoms with Crippen LogP contribution in [-0.4, -0.2) is 21.8 Å². The molecule has 160 valence electrons. The quantitative estimate of drug-likeness (QED) is 0.524. The summed E-state index contributed by atoms with van der Waals surface area (Å²) in [5.41, 5.74) is -1.60. The van der Waals surface area contributed by atoms with Crippen molar-refractivity contribution in [1.82, 2.24) is 4.98 Å². The molecular weight excluding hydrogens is 487 g/mol. The largest absolute Gasteiger partial charge is 0.417 e. The predicted octanol–water partition coefficient (Wildman–Crippen LogP) is 4.42. The summed E-state index contributed by atoms with van der Waals surface area (Å²) >= 11 is 6.45. The van der Waals surface area contributed by atoms with Gasteiger partial charge >= 0.3 is 6.18 Å². The number of nitrogens with zero attached hydrogens (tertiary/aromatic N) is 1. The van der Waals surface area contributed by atoms with Crippen LogP contribution in [0.15, 0.2) is 63.1 Å². The van der Waals surface area contributed by atoms with E-state index in [1.807, 2.05) is 4.72 Å². The molecular formula is C16H11ClF3N3O4S3. The first kappa shape index (κ1) is 22.3. The van der Waals surface area contributed by atoms with Crippen LogP contribution < -0.4 is 9.44 Å². The third-order valence-electron chi connectivity index (χ3n) is 3.60. The molecule has 0 aliphatic heterocycles. The van der Waals surface area contributed by atoms with Crippen LogP contribution in [0.3, 0.4) is 0 Å². The second-order valence-corrected chi connectivity index (χ2v) is 10.6. The average Bonchev–Trinajstić information content (AvgIpc) is 3.18. The second kappa shape index (κ2) is 8.06. The lowest BCUT2D eigenvalue weighted by Crippen LogP contribution is -2.18. The molecule has 0 radical (unpaired) electrons. The summed E-state index contributed by atoms with van der Waals surface area (Å²) < 4.78 is 93.3. The molecule has 1 aromatic carbocycles.